The first-order valence-corrected chi connectivity index (χ1v) is 10.0. The molecule has 3 rings (SSSR count). The maximum Gasteiger partial charge on any atom is 0.230 e. The summed E-state index contributed by atoms with van der Waals surface area (Å²) >= 11 is 1.42. The molecule has 0 spiro atoms. The first-order valence-electron chi connectivity index (χ1n) is 9.04. The highest BCUT2D eigenvalue weighted by atomic mass is 32.2. The Hall–Kier alpha value is -2.02. The van der Waals surface area contributed by atoms with E-state index >= 15 is 0 Å². The summed E-state index contributed by atoms with van der Waals surface area (Å²) in [5.41, 5.74) is 0.966. The van der Waals surface area contributed by atoms with Crippen LogP contribution in [0, 0.1) is 5.92 Å². The van der Waals surface area contributed by atoms with Gasteiger partial charge in [-0.1, -0.05) is 31.5 Å². The maximum absolute atomic E-state index is 12.3. The molecule has 1 saturated carbocycles. The Bertz CT molecular complexity index is 744. The van der Waals surface area contributed by atoms with Gasteiger partial charge in [-0.15, -0.1) is 10.2 Å². The Morgan fingerprint density at radius 1 is 1.27 bits per heavy atom. The molecule has 1 aromatic carbocycles. The van der Waals surface area contributed by atoms with E-state index in [1.807, 2.05) is 35.9 Å². The lowest BCUT2D eigenvalue weighted by atomic mass is 9.86. The standard InChI is InChI=1S/C19H26N4O2S/c1-13-6-4-5-7-16(13)20-17(24)12-26-19-22-21-18(23(19)2)14-8-10-15(25-3)11-9-14/h8-11,13,16H,4-7,12H2,1-3H3,(H,20,24). The van der Waals surface area contributed by atoms with Crippen molar-refractivity contribution in [1.82, 2.24) is 20.1 Å². The number of nitrogens with one attached hydrogen (secondary N) is 1. The number of aromatic nitrogens is 3. The van der Waals surface area contributed by atoms with Crippen LogP contribution >= 0.6 is 11.8 Å². The van der Waals surface area contributed by atoms with Crippen molar-refractivity contribution in [1.29, 1.82) is 0 Å². The number of ether oxygens (including phenoxy) is 1. The molecule has 2 unspecified atom stereocenters. The minimum atomic E-state index is 0.0720. The van der Waals surface area contributed by atoms with Crippen LogP contribution < -0.4 is 10.1 Å². The number of amides is 1. The number of benzene rings is 1. The Kier molecular flexibility index (Phi) is 6.19. The van der Waals surface area contributed by atoms with Crippen molar-refractivity contribution in [3.8, 4) is 17.1 Å². The number of carbonyl (C=O) groups is 1. The summed E-state index contributed by atoms with van der Waals surface area (Å²) in [6, 6.07) is 8.01. The summed E-state index contributed by atoms with van der Waals surface area (Å²) in [6.07, 6.45) is 4.77. The van der Waals surface area contributed by atoms with E-state index in [0.717, 1.165) is 28.7 Å². The molecule has 7 heteroatoms. The summed E-state index contributed by atoms with van der Waals surface area (Å²) < 4.78 is 7.10. The number of nitrogens with zero attached hydrogens (tertiary/aromatic N) is 3. The van der Waals surface area contributed by atoms with Crippen LogP contribution in [0.2, 0.25) is 0 Å². The monoisotopic (exact) mass is 374 g/mol. The second-order valence-corrected chi connectivity index (χ2v) is 7.76. The molecule has 1 aromatic heterocycles. The van der Waals surface area contributed by atoms with E-state index in [9.17, 15) is 4.79 Å². The first kappa shape index (κ1) is 18.8. The van der Waals surface area contributed by atoms with Crippen molar-refractivity contribution in [2.24, 2.45) is 13.0 Å². The van der Waals surface area contributed by atoms with Gasteiger partial charge in [-0.2, -0.15) is 0 Å². The fourth-order valence-electron chi connectivity index (χ4n) is 3.34. The van der Waals surface area contributed by atoms with E-state index < -0.39 is 0 Å². The van der Waals surface area contributed by atoms with Gasteiger partial charge in [0.2, 0.25) is 5.91 Å². The van der Waals surface area contributed by atoms with Gasteiger partial charge in [-0.05, 0) is 43.0 Å². The molecular formula is C19H26N4O2S. The highest BCUT2D eigenvalue weighted by molar-refractivity contribution is 7.99. The molecule has 140 valence electrons. The number of thioether (sulfide) groups is 1. The molecule has 1 N–H and O–H groups in total. The third kappa shape index (κ3) is 4.38. The molecule has 6 nitrogen and oxygen atoms in total. The van der Waals surface area contributed by atoms with Crippen LogP contribution in [-0.2, 0) is 11.8 Å². The lowest BCUT2D eigenvalue weighted by Crippen LogP contribution is -2.41. The zero-order valence-electron chi connectivity index (χ0n) is 15.6. The van der Waals surface area contributed by atoms with Gasteiger partial charge in [0.25, 0.3) is 0 Å². The van der Waals surface area contributed by atoms with E-state index in [4.69, 9.17) is 4.74 Å². The van der Waals surface area contributed by atoms with Crippen molar-refractivity contribution in [3.63, 3.8) is 0 Å². The van der Waals surface area contributed by atoms with Crippen LogP contribution in [-0.4, -0.2) is 39.6 Å². The Balaban J connectivity index is 1.58. The third-order valence-corrected chi connectivity index (χ3v) is 5.99. The predicted molar refractivity (Wildman–Crippen MR) is 103 cm³/mol. The number of methoxy groups -OCH3 is 1. The van der Waals surface area contributed by atoms with Gasteiger partial charge in [-0.25, -0.2) is 0 Å². The summed E-state index contributed by atoms with van der Waals surface area (Å²) in [4.78, 5) is 12.3. The summed E-state index contributed by atoms with van der Waals surface area (Å²) in [5.74, 6) is 2.57. The highest BCUT2D eigenvalue weighted by Crippen LogP contribution is 2.26. The lowest BCUT2D eigenvalue weighted by Gasteiger charge is -2.29. The zero-order chi connectivity index (χ0) is 18.5. The lowest BCUT2D eigenvalue weighted by molar-refractivity contribution is -0.119. The Morgan fingerprint density at radius 3 is 2.69 bits per heavy atom. The summed E-state index contributed by atoms with van der Waals surface area (Å²) in [6.45, 7) is 2.22. The zero-order valence-corrected chi connectivity index (χ0v) is 16.4. The van der Waals surface area contributed by atoms with E-state index in [0.29, 0.717) is 17.7 Å². The van der Waals surface area contributed by atoms with Crippen molar-refractivity contribution < 1.29 is 9.53 Å². The van der Waals surface area contributed by atoms with Gasteiger partial charge in [0.1, 0.15) is 5.75 Å². The molecule has 2 atom stereocenters. The van der Waals surface area contributed by atoms with Crippen LogP contribution in [0.25, 0.3) is 11.4 Å². The van der Waals surface area contributed by atoms with E-state index in [2.05, 4.69) is 22.4 Å². The van der Waals surface area contributed by atoms with Crippen LogP contribution in [0.4, 0.5) is 0 Å². The molecule has 0 bridgehead atoms. The van der Waals surface area contributed by atoms with Gasteiger partial charge in [-0.3, -0.25) is 4.79 Å². The smallest absolute Gasteiger partial charge is 0.230 e. The molecule has 1 aliphatic carbocycles. The molecule has 1 fully saturated rings. The van der Waals surface area contributed by atoms with E-state index in [-0.39, 0.29) is 5.91 Å². The van der Waals surface area contributed by atoms with Crippen LogP contribution in [0.3, 0.4) is 0 Å². The molecule has 2 aromatic rings. The molecule has 26 heavy (non-hydrogen) atoms. The molecule has 1 amide bonds. The van der Waals surface area contributed by atoms with Crippen molar-refractivity contribution in [2.45, 2.75) is 43.8 Å². The number of hydrogen-bond acceptors (Lipinski definition) is 5. The normalized spacial score (nSPS) is 20.0. The fourth-order valence-corrected chi connectivity index (χ4v) is 4.06. The molecule has 0 radical (unpaired) electrons. The van der Waals surface area contributed by atoms with Crippen molar-refractivity contribution >= 4 is 17.7 Å². The molecular weight excluding hydrogens is 348 g/mol. The van der Waals surface area contributed by atoms with Gasteiger partial charge < -0.3 is 14.6 Å². The van der Waals surface area contributed by atoms with Gasteiger partial charge in [0.15, 0.2) is 11.0 Å². The van der Waals surface area contributed by atoms with Crippen LogP contribution in [0.5, 0.6) is 5.75 Å². The third-order valence-electron chi connectivity index (χ3n) is 4.97. The SMILES string of the molecule is COc1ccc(-c2nnc(SCC(=O)NC3CCCCC3C)n2C)cc1. The number of rotatable bonds is 6. The average Bonchev–Trinajstić information content (AvgIpc) is 3.02. The quantitative estimate of drug-likeness (QED) is 0.786. The van der Waals surface area contributed by atoms with Gasteiger partial charge in [0, 0.05) is 18.7 Å². The minimum absolute atomic E-state index is 0.0720. The highest BCUT2D eigenvalue weighted by Gasteiger charge is 2.23. The first-order chi connectivity index (χ1) is 12.6. The largest absolute Gasteiger partial charge is 0.497 e. The maximum atomic E-state index is 12.3. The second kappa shape index (κ2) is 8.58. The van der Waals surface area contributed by atoms with E-state index in [1.165, 1.54) is 31.0 Å². The fraction of sp³-hybridized carbons (Fsp3) is 0.526. The molecule has 0 aliphatic heterocycles. The number of carbonyl (C=O) groups excluding carboxylic acids is 1. The van der Waals surface area contributed by atoms with Crippen molar-refractivity contribution in [2.75, 3.05) is 12.9 Å². The van der Waals surface area contributed by atoms with Crippen molar-refractivity contribution in [3.05, 3.63) is 24.3 Å². The van der Waals surface area contributed by atoms with E-state index in [1.54, 1.807) is 7.11 Å². The number of hydrogen-bond donors (Lipinski definition) is 1. The second-order valence-electron chi connectivity index (χ2n) is 6.82. The van der Waals surface area contributed by atoms with Gasteiger partial charge >= 0.3 is 0 Å². The Morgan fingerprint density at radius 2 is 2.00 bits per heavy atom. The summed E-state index contributed by atoms with van der Waals surface area (Å²) in [5, 5.41) is 12.4. The molecule has 1 heterocycles. The summed E-state index contributed by atoms with van der Waals surface area (Å²) in [7, 11) is 3.56. The predicted octanol–water partition coefficient (Wildman–Crippen LogP) is 3.28. The Labute approximate surface area is 158 Å². The van der Waals surface area contributed by atoms with Gasteiger partial charge in [0.05, 0.1) is 12.9 Å². The average molecular weight is 375 g/mol. The molecule has 0 saturated heterocycles. The van der Waals surface area contributed by atoms with Crippen LogP contribution in [0.15, 0.2) is 29.4 Å². The topological polar surface area (TPSA) is 69.0 Å². The minimum Gasteiger partial charge on any atom is -0.497 e. The molecule has 1 aliphatic rings. The van der Waals surface area contributed by atoms with Crippen LogP contribution in [0.1, 0.15) is 32.6 Å².